The first-order chi connectivity index (χ1) is 7.98. The van der Waals surface area contributed by atoms with Gasteiger partial charge in [-0.05, 0) is 19.1 Å². The van der Waals surface area contributed by atoms with Crippen molar-refractivity contribution in [1.29, 1.82) is 0 Å². The van der Waals surface area contributed by atoms with E-state index in [9.17, 15) is 0 Å². The molecule has 0 spiro atoms. The minimum Gasteiger partial charge on any atom is -0.496 e. The summed E-state index contributed by atoms with van der Waals surface area (Å²) in [4.78, 5) is 0. The summed E-state index contributed by atoms with van der Waals surface area (Å²) in [5, 5.41) is 0.172. The standard InChI is InChI=1S/C14H21O2P/c1-6-16-13(17-14(2,3)4)11-9-7-8-10-12(11)15-5/h7-10H,6H2,1-5H3. The van der Waals surface area contributed by atoms with Crippen LogP contribution in [0.1, 0.15) is 33.3 Å². The van der Waals surface area contributed by atoms with Crippen molar-refractivity contribution < 1.29 is 9.47 Å². The van der Waals surface area contributed by atoms with Gasteiger partial charge in [0, 0.05) is 5.16 Å². The van der Waals surface area contributed by atoms with E-state index in [0.29, 0.717) is 6.61 Å². The molecule has 2 nitrogen and oxygen atoms in total. The third-order valence-electron chi connectivity index (χ3n) is 2.06. The smallest absolute Gasteiger partial charge is 0.129 e. The van der Waals surface area contributed by atoms with Crippen LogP contribution in [0.25, 0.3) is 0 Å². The summed E-state index contributed by atoms with van der Waals surface area (Å²) < 4.78 is 11.2. The molecule has 0 saturated carbocycles. The Hall–Kier alpha value is -0.850. The molecule has 0 amide bonds. The SMILES string of the molecule is CCOC(=PC(C)(C)C)c1ccccc1OC. The number of para-hydroxylation sites is 1. The maximum atomic E-state index is 5.77. The molecule has 0 heterocycles. The number of hydrogen-bond donors (Lipinski definition) is 0. The third-order valence-corrected chi connectivity index (χ3v) is 3.30. The minimum atomic E-state index is 0.172. The molecule has 0 aliphatic rings. The lowest BCUT2D eigenvalue weighted by molar-refractivity contribution is 0.334. The molecule has 0 fully saturated rings. The lowest BCUT2D eigenvalue weighted by Crippen LogP contribution is -2.11. The van der Waals surface area contributed by atoms with Crippen LogP contribution in [0.3, 0.4) is 0 Å². The van der Waals surface area contributed by atoms with Crippen LogP contribution in [0.15, 0.2) is 24.3 Å². The monoisotopic (exact) mass is 252 g/mol. The number of hydrogen-bond acceptors (Lipinski definition) is 2. The highest BCUT2D eigenvalue weighted by atomic mass is 31.1. The molecule has 1 aromatic carbocycles. The maximum Gasteiger partial charge on any atom is 0.129 e. The molecule has 0 radical (unpaired) electrons. The van der Waals surface area contributed by atoms with Crippen molar-refractivity contribution in [2.45, 2.75) is 32.9 Å². The predicted molar refractivity (Wildman–Crippen MR) is 75.4 cm³/mol. The summed E-state index contributed by atoms with van der Waals surface area (Å²) in [6, 6.07) is 7.99. The molecule has 0 aromatic heterocycles. The normalized spacial score (nSPS) is 12.6. The Bertz CT molecular complexity index is 391. The van der Waals surface area contributed by atoms with E-state index in [1.807, 2.05) is 31.2 Å². The Morgan fingerprint density at radius 1 is 1.24 bits per heavy atom. The molecule has 0 aliphatic heterocycles. The largest absolute Gasteiger partial charge is 0.496 e. The molecule has 17 heavy (non-hydrogen) atoms. The van der Waals surface area contributed by atoms with E-state index >= 15 is 0 Å². The quantitative estimate of drug-likeness (QED) is 0.755. The summed E-state index contributed by atoms with van der Waals surface area (Å²) in [7, 11) is 2.87. The molecular weight excluding hydrogens is 231 g/mol. The zero-order valence-electron chi connectivity index (χ0n) is 11.3. The minimum absolute atomic E-state index is 0.172. The van der Waals surface area contributed by atoms with Crippen LogP contribution in [0.4, 0.5) is 0 Å². The first-order valence-electron chi connectivity index (χ1n) is 5.84. The molecule has 0 aliphatic carbocycles. The molecule has 0 N–H and O–H groups in total. The topological polar surface area (TPSA) is 18.5 Å². The van der Waals surface area contributed by atoms with Gasteiger partial charge in [0.15, 0.2) is 0 Å². The van der Waals surface area contributed by atoms with Gasteiger partial charge < -0.3 is 9.47 Å². The van der Waals surface area contributed by atoms with Crippen LogP contribution in [0.5, 0.6) is 5.75 Å². The summed E-state index contributed by atoms with van der Waals surface area (Å²) >= 11 is 0. The van der Waals surface area contributed by atoms with Crippen molar-refractivity contribution in [2.75, 3.05) is 13.7 Å². The van der Waals surface area contributed by atoms with E-state index in [-0.39, 0.29) is 5.16 Å². The Morgan fingerprint density at radius 2 is 1.88 bits per heavy atom. The van der Waals surface area contributed by atoms with Gasteiger partial charge in [-0.1, -0.05) is 41.1 Å². The summed E-state index contributed by atoms with van der Waals surface area (Å²) in [6.07, 6.45) is 0. The number of methoxy groups -OCH3 is 1. The second kappa shape index (κ2) is 6.18. The van der Waals surface area contributed by atoms with E-state index in [4.69, 9.17) is 9.47 Å². The fourth-order valence-corrected chi connectivity index (χ4v) is 2.54. The molecule has 1 rings (SSSR count). The van der Waals surface area contributed by atoms with Gasteiger partial charge in [-0.25, -0.2) is 0 Å². The Balaban J connectivity index is 3.18. The highest BCUT2D eigenvalue weighted by Gasteiger charge is 2.14. The fourth-order valence-electron chi connectivity index (χ4n) is 1.43. The third kappa shape index (κ3) is 4.49. The zero-order valence-corrected chi connectivity index (χ0v) is 12.2. The predicted octanol–water partition coefficient (Wildman–Crippen LogP) is 3.95. The Labute approximate surface area is 106 Å². The molecule has 3 heteroatoms. The maximum absolute atomic E-state index is 5.77. The number of rotatable bonds is 4. The van der Waals surface area contributed by atoms with E-state index < -0.39 is 0 Å². The lowest BCUT2D eigenvalue weighted by Gasteiger charge is -2.17. The van der Waals surface area contributed by atoms with Crippen LogP contribution < -0.4 is 4.74 Å². The highest BCUT2D eigenvalue weighted by Crippen LogP contribution is 2.29. The lowest BCUT2D eigenvalue weighted by atomic mass is 10.2. The Kier molecular flexibility index (Phi) is 5.17. The fraction of sp³-hybridized carbons (Fsp3) is 0.500. The van der Waals surface area contributed by atoms with Gasteiger partial charge in [-0.2, -0.15) is 0 Å². The van der Waals surface area contributed by atoms with Crippen molar-refractivity contribution in [3.63, 3.8) is 0 Å². The van der Waals surface area contributed by atoms with Crippen LogP contribution in [-0.4, -0.2) is 24.4 Å². The van der Waals surface area contributed by atoms with Gasteiger partial charge in [-0.15, -0.1) is 0 Å². The van der Waals surface area contributed by atoms with Gasteiger partial charge >= 0.3 is 0 Å². The van der Waals surface area contributed by atoms with Crippen LogP contribution in [0, 0.1) is 0 Å². The zero-order chi connectivity index (χ0) is 12.9. The number of benzene rings is 1. The van der Waals surface area contributed by atoms with Gasteiger partial charge in [0.25, 0.3) is 0 Å². The summed E-state index contributed by atoms with van der Waals surface area (Å²) in [5.74, 6) is 0.868. The van der Waals surface area contributed by atoms with Gasteiger partial charge in [0.2, 0.25) is 0 Å². The van der Waals surface area contributed by atoms with Gasteiger partial charge in [-0.3, -0.25) is 0 Å². The van der Waals surface area contributed by atoms with Crippen molar-refractivity contribution >= 4 is 13.7 Å². The van der Waals surface area contributed by atoms with Gasteiger partial charge in [0.05, 0.1) is 19.3 Å². The van der Waals surface area contributed by atoms with Crippen molar-refractivity contribution in [2.24, 2.45) is 0 Å². The van der Waals surface area contributed by atoms with E-state index in [2.05, 4.69) is 20.8 Å². The Morgan fingerprint density at radius 3 is 2.41 bits per heavy atom. The van der Waals surface area contributed by atoms with Crippen LogP contribution in [0.2, 0.25) is 0 Å². The van der Waals surface area contributed by atoms with Crippen molar-refractivity contribution in [3.8, 4) is 5.75 Å². The average Bonchev–Trinajstić information content (AvgIpc) is 2.27. The molecular formula is C14H21O2P. The molecule has 1 aromatic rings. The molecule has 94 valence electrons. The van der Waals surface area contributed by atoms with Crippen LogP contribution >= 0.6 is 8.20 Å². The summed E-state index contributed by atoms with van der Waals surface area (Å²) in [5.41, 5.74) is 2.03. The first kappa shape index (κ1) is 14.2. The second-order valence-corrected chi connectivity index (χ2v) is 6.69. The second-order valence-electron chi connectivity index (χ2n) is 4.72. The van der Waals surface area contributed by atoms with Crippen LogP contribution in [-0.2, 0) is 4.74 Å². The van der Waals surface area contributed by atoms with E-state index in [1.165, 1.54) is 8.20 Å². The molecule has 0 unspecified atom stereocenters. The van der Waals surface area contributed by atoms with E-state index in [0.717, 1.165) is 16.8 Å². The average molecular weight is 252 g/mol. The molecule has 0 bridgehead atoms. The number of ether oxygens (including phenoxy) is 2. The first-order valence-corrected chi connectivity index (χ1v) is 6.73. The van der Waals surface area contributed by atoms with E-state index in [1.54, 1.807) is 7.11 Å². The van der Waals surface area contributed by atoms with Gasteiger partial charge in [0.1, 0.15) is 11.2 Å². The van der Waals surface area contributed by atoms with Crippen molar-refractivity contribution in [1.82, 2.24) is 0 Å². The molecule has 0 saturated heterocycles. The highest BCUT2D eigenvalue weighted by molar-refractivity contribution is 7.42. The summed E-state index contributed by atoms with van der Waals surface area (Å²) in [6.45, 7) is 9.28. The van der Waals surface area contributed by atoms with Crippen molar-refractivity contribution in [3.05, 3.63) is 29.8 Å². The molecule has 0 atom stereocenters.